The molecule has 1 amide bonds. The molecule has 1 atom stereocenters. The third-order valence-corrected chi connectivity index (χ3v) is 4.02. The van der Waals surface area contributed by atoms with Crippen LogP contribution in [0.5, 0.6) is 17.2 Å². The van der Waals surface area contributed by atoms with Crippen LogP contribution < -0.4 is 14.9 Å². The number of amides is 1. The van der Waals surface area contributed by atoms with E-state index in [1.807, 2.05) is 36.4 Å². The molecule has 130 valence electrons. The van der Waals surface area contributed by atoms with Gasteiger partial charge < -0.3 is 14.6 Å². The van der Waals surface area contributed by atoms with Gasteiger partial charge in [0.05, 0.1) is 6.21 Å². The molecule has 6 nitrogen and oxygen atoms in total. The van der Waals surface area contributed by atoms with Crippen LogP contribution in [-0.4, -0.2) is 29.9 Å². The lowest BCUT2D eigenvalue weighted by Crippen LogP contribution is -2.42. The van der Waals surface area contributed by atoms with E-state index >= 15 is 0 Å². The number of phenolic OH excluding ortho intramolecular Hbond substituents is 1. The summed E-state index contributed by atoms with van der Waals surface area (Å²) < 4.78 is 11.4. The number of hydrogen-bond acceptors (Lipinski definition) is 5. The number of benzene rings is 3. The maximum Gasteiger partial charge on any atom is 0.284 e. The van der Waals surface area contributed by atoms with Crippen LogP contribution in [0.3, 0.4) is 0 Å². The third-order valence-electron chi connectivity index (χ3n) is 4.02. The van der Waals surface area contributed by atoms with Gasteiger partial charge in [0.25, 0.3) is 5.91 Å². The first kappa shape index (κ1) is 16.0. The number of carbonyl (C=O) groups excluding carboxylic acids is 1. The highest BCUT2D eigenvalue weighted by atomic mass is 16.6. The van der Waals surface area contributed by atoms with Gasteiger partial charge in [0.15, 0.2) is 11.5 Å². The topological polar surface area (TPSA) is 80.2 Å². The molecule has 0 bridgehead atoms. The predicted octanol–water partition coefficient (Wildman–Crippen LogP) is 2.84. The molecule has 26 heavy (non-hydrogen) atoms. The van der Waals surface area contributed by atoms with Gasteiger partial charge in [-0.25, -0.2) is 5.43 Å². The summed E-state index contributed by atoms with van der Waals surface area (Å²) in [6.07, 6.45) is 0.660. The number of nitrogens with zero attached hydrogens (tertiary/aromatic N) is 1. The highest BCUT2D eigenvalue weighted by molar-refractivity contribution is 5.88. The van der Waals surface area contributed by atoms with E-state index in [0.29, 0.717) is 17.1 Å². The number of rotatable bonds is 3. The molecule has 4 rings (SSSR count). The number of nitrogens with one attached hydrogen (secondary N) is 1. The molecule has 0 aromatic heterocycles. The molecule has 0 spiro atoms. The first-order valence-corrected chi connectivity index (χ1v) is 8.13. The molecule has 0 aliphatic carbocycles. The number of phenols is 1. The van der Waals surface area contributed by atoms with Crippen LogP contribution in [0.4, 0.5) is 0 Å². The molecule has 3 aromatic rings. The Bertz CT molecular complexity index is 1000. The van der Waals surface area contributed by atoms with Crippen LogP contribution in [0.1, 0.15) is 5.56 Å². The molecular weight excluding hydrogens is 332 g/mol. The average molecular weight is 348 g/mol. The van der Waals surface area contributed by atoms with Gasteiger partial charge in [-0.3, -0.25) is 4.79 Å². The minimum Gasteiger partial charge on any atom is -0.508 e. The fourth-order valence-corrected chi connectivity index (χ4v) is 2.73. The van der Waals surface area contributed by atoms with Gasteiger partial charge in [-0.1, -0.05) is 36.4 Å². The van der Waals surface area contributed by atoms with E-state index in [1.165, 1.54) is 12.3 Å². The van der Waals surface area contributed by atoms with Crippen LogP contribution in [0.2, 0.25) is 0 Å². The second kappa shape index (κ2) is 6.76. The van der Waals surface area contributed by atoms with E-state index in [-0.39, 0.29) is 12.4 Å². The summed E-state index contributed by atoms with van der Waals surface area (Å²) in [7, 11) is 0. The summed E-state index contributed by atoms with van der Waals surface area (Å²) in [5.74, 6) is 0.886. The van der Waals surface area contributed by atoms with Crippen molar-refractivity contribution in [2.24, 2.45) is 5.10 Å². The van der Waals surface area contributed by atoms with Crippen molar-refractivity contribution in [1.82, 2.24) is 5.43 Å². The summed E-state index contributed by atoms with van der Waals surface area (Å²) >= 11 is 0. The van der Waals surface area contributed by atoms with Gasteiger partial charge in [-0.05, 0) is 40.6 Å². The lowest BCUT2D eigenvalue weighted by Gasteiger charge is -2.25. The van der Waals surface area contributed by atoms with Crippen LogP contribution in [-0.2, 0) is 4.79 Å². The Morgan fingerprint density at radius 2 is 1.85 bits per heavy atom. The van der Waals surface area contributed by atoms with Crippen LogP contribution in [0.25, 0.3) is 10.8 Å². The van der Waals surface area contributed by atoms with E-state index in [2.05, 4.69) is 10.5 Å². The lowest BCUT2D eigenvalue weighted by atomic mass is 10.1. The fourth-order valence-electron chi connectivity index (χ4n) is 2.73. The molecule has 6 heteroatoms. The summed E-state index contributed by atoms with van der Waals surface area (Å²) in [5.41, 5.74) is 3.10. The molecule has 0 unspecified atom stereocenters. The SMILES string of the molecule is O=C(NN=Cc1cccc(O)c1)[C@@H]1COc2cc3ccccc3cc2O1. The van der Waals surface area contributed by atoms with Crippen molar-refractivity contribution in [1.29, 1.82) is 0 Å². The summed E-state index contributed by atoms with van der Waals surface area (Å²) in [5, 5.41) is 15.4. The van der Waals surface area contributed by atoms with Gasteiger partial charge in [0.1, 0.15) is 12.4 Å². The summed E-state index contributed by atoms with van der Waals surface area (Å²) in [4.78, 5) is 12.2. The zero-order valence-electron chi connectivity index (χ0n) is 13.8. The summed E-state index contributed by atoms with van der Waals surface area (Å²) in [6, 6.07) is 18.2. The lowest BCUT2D eigenvalue weighted by molar-refractivity contribution is -0.130. The first-order valence-electron chi connectivity index (χ1n) is 8.13. The van der Waals surface area contributed by atoms with Crippen molar-refractivity contribution < 1.29 is 19.4 Å². The largest absolute Gasteiger partial charge is 0.508 e. The monoisotopic (exact) mass is 348 g/mol. The molecule has 0 saturated carbocycles. The Morgan fingerprint density at radius 3 is 2.62 bits per heavy atom. The number of fused-ring (bicyclic) bond motifs is 2. The normalized spacial score (nSPS) is 15.9. The van der Waals surface area contributed by atoms with E-state index in [4.69, 9.17) is 9.47 Å². The van der Waals surface area contributed by atoms with Crippen molar-refractivity contribution in [2.45, 2.75) is 6.10 Å². The Balaban J connectivity index is 1.44. The molecular formula is C20H16N2O4. The number of carbonyl (C=O) groups is 1. The zero-order valence-corrected chi connectivity index (χ0v) is 13.8. The maximum absolute atomic E-state index is 12.2. The molecule has 1 heterocycles. The van der Waals surface area contributed by atoms with Crippen LogP contribution >= 0.6 is 0 Å². The van der Waals surface area contributed by atoms with E-state index in [1.54, 1.807) is 18.2 Å². The molecule has 0 radical (unpaired) electrons. The third kappa shape index (κ3) is 3.30. The fraction of sp³-hybridized carbons (Fsp3) is 0.100. The van der Waals surface area contributed by atoms with Gasteiger partial charge in [-0.15, -0.1) is 0 Å². The Kier molecular flexibility index (Phi) is 4.15. The number of hydrogen-bond donors (Lipinski definition) is 2. The smallest absolute Gasteiger partial charge is 0.284 e. The van der Waals surface area contributed by atoms with Crippen LogP contribution in [0, 0.1) is 0 Å². The molecule has 0 saturated heterocycles. The van der Waals surface area contributed by atoms with Crippen molar-refractivity contribution in [2.75, 3.05) is 6.61 Å². The quantitative estimate of drug-likeness (QED) is 0.563. The minimum absolute atomic E-state index is 0.110. The van der Waals surface area contributed by atoms with Gasteiger partial charge in [-0.2, -0.15) is 5.10 Å². The predicted molar refractivity (Wildman–Crippen MR) is 97.7 cm³/mol. The van der Waals surface area contributed by atoms with E-state index < -0.39 is 12.0 Å². The standard InChI is InChI=1S/C20H16N2O4/c23-16-7-3-4-13(8-16)11-21-22-20(24)19-12-25-17-9-14-5-1-2-6-15(14)10-18(17)26-19/h1-11,19,23H,12H2,(H,22,24)/t19-/m0/s1. The van der Waals surface area contributed by atoms with E-state index in [9.17, 15) is 9.90 Å². The number of aromatic hydroxyl groups is 1. The Morgan fingerprint density at radius 1 is 1.08 bits per heavy atom. The Labute approximate surface area is 149 Å². The van der Waals surface area contributed by atoms with Crippen molar-refractivity contribution >= 4 is 22.9 Å². The molecule has 1 aliphatic heterocycles. The van der Waals surface area contributed by atoms with Crippen molar-refractivity contribution in [3.05, 3.63) is 66.2 Å². The van der Waals surface area contributed by atoms with Crippen molar-refractivity contribution in [3.63, 3.8) is 0 Å². The molecule has 0 fully saturated rings. The Hall–Kier alpha value is -3.54. The van der Waals surface area contributed by atoms with Crippen molar-refractivity contribution in [3.8, 4) is 17.2 Å². The number of hydrazone groups is 1. The molecule has 2 N–H and O–H groups in total. The summed E-state index contributed by atoms with van der Waals surface area (Å²) in [6.45, 7) is 0.110. The second-order valence-electron chi connectivity index (χ2n) is 5.89. The minimum atomic E-state index is -0.787. The highest BCUT2D eigenvalue weighted by Gasteiger charge is 2.27. The van der Waals surface area contributed by atoms with Gasteiger partial charge in [0.2, 0.25) is 6.10 Å². The number of ether oxygens (including phenoxy) is 2. The average Bonchev–Trinajstić information content (AvgIpc) is 2.66. The van der Waals surface area contributed by atoms with Gasteiger partial charge >= 0.3 is 0 Å². The molecule has 1 aliphatic rings. The zero-order chi connectivity index (χ0) is 17.9. The first-order chi connectivity index (χ1) is 12.7. The highest BCUT2D eigenvalue weighted by Crippen LogP contribution is 2.35. The maximum atomic E-state index is 12.2. The van der Waals surface area contributed by atoms with Crippen LogP contribution in [0.15, 0.2) is 65.8 Å². The van der Waals surface area contributed by atoms with Gasteiger partial charge in [0, 0.05) is 0 Å². The second-order valence-corrected chi connectivity index (χ2v) is 5.89. The molecule has 3 aromatic carbocycles. The van der Waals surface area contributed by atoms with E-state index in [0.717, 1.165) is 10.8 Å².